The SMILES string of the molecule is O=S(=O)(O)c1ccc(Cl)c(C2=C3C=CC(=N3)C(c3c(Cl)ccc(S(=O)(=O)O)c3Cl)=C3C=CC(=N3)C(c3c(Cl)ccc(S(=O)(=O)O)c3Cl)=C3C=CC(=N3)C(c3c(Cl)ccc(S(=O)(=O)O)c3Cl)=C3C=CC2=N3)c1Cl.[Zn]. The molecule has 4 N–H and O–H groups in total. The van der Waals surface area contributed by atoms with E-state index in [9.17, 15) is 51.9 Å². The van der Waals surface area contributed by atoms with Gasteiger partial charge in [0.2, 0.25) is 0 Å². The van der Waals surface area contributed by atoms with Crippen LogP contribution < -0.4 is 0 Å². The van der Waals surface area contributed by atoms with E-state index in [1.165, 1.54) is 48.6 Å². The minimum absolute atomic E-state index is 0. The summed E-state index contributed by atoms with van der Waals surface area (Å²) in [5.41, 5.74) is -2.16. The van der Waals surface area contributed by atoms with Gasteiger partial charge in [0, 0.05) is 64.0 Å². The van der Waals surface area contributed by atoms with Crippen LogP contribution in [-0.4, -0.2) is 74.7 Å². The van der Waals surface area contributed by atoms with Crippen molar-refractivity contribution >= 4 is 178 Å². The van der Waals surface area contributed by atoms with Crippen molar-refractivity contribution in [2.45, 2.75) is 19.6 Å². The first kappa shape index (κ1) is 55.3. The normalized spacial score (nSPS) is 16.7. The molecule has 0 saturated heterocycles. The van der Waals surface area contributed by atoms with Crippen LogP contribution in [0, 0.1) is 0 Å². The Bertz CT molecular complexity index is 3640. The monoisotopic (exact) mass is 1270 g/mol. The molecule has 29 heteroatoms. The Morgan fingerprint density at radius 2 is 0.479 bits per heavy atom. The van der Waals surface area contributed by atoms with Crippen LogP contribution in [0.5, 0.6) is 0 Å². The second-order valence-electron chi connectivity index (χ2n) is 15.2. The zero-order valence-corrected chi connectivity index (χ0v) is 47.7. The van der Waals surface area contributed by atoms with Crippen LogP contribution in [0.3, 0.4) is 0 Å². The van der Waals surface area contributed by atoms with Crippen molar-refractivity contribution in [3.63, 3.8) is 0 Å². The van der Waals surface area contributed by atoms with E-state index >= 15 is 0 Å². The number of fused-ring (bicyclic) bond motifs is 4. The third-order valence-corrected chi connectivity index (χ3v) is 17.8. The van der Waals surface area contributed by atoms with Crippen molar-refractivity contribution in [1.29, 1.82) is 0 Å². The first-order valence-corrected chi connectivity index (χ1v) is 28.3. The Labute approximate surface area is 467 Å². The molecule has 0 amide bonds. The first-order valence-electron chi connectivity index (χ1n) is 19.5. The van der Waals surface area contributed by atoms with E-state index in [-0.39, 0.29) is 130 Å². The fourth-order valence-corrected chi connectivity index (χ4v) is 13.6. The maximum absolute atomic E-state index is 12.7. The number of benzene rings is 4. The fraction of sp³-hybridized carbons (Fsp3) is 0. The molecule has 0 unspecified atom stereocenters. The van der Waals surface area contributed by atoms with Crippen LogP contribution in [-0.2, 0) is 60.0 Å². The number of nitrogens with zero attached hydrogens (tertiary/aromatic N) is 4. The van der Waals surface area contributed by atoms with Crippen molar-refractivity contribution in [3.05, 3.63) is 182 Å². The van der Waals surface area contributed by atoms with E-state index in [4.69, 9.17) is 113 Å². The van der Waals surface area contributed by atoms with Crippen LogP contribution >= 0.6 is 92.8 Å². The zero-order valence-electron chi connectivity index (χ0n) is 35.4. The number of hydrogen-bond donors (Lipinski definition) is 4. The van der Waals surface area contributed by atoms with Gasteiger partial charge in [-0.15, -0.1) is 0 Å². The summed E-state index contributed by atoms with van der Waals surface area (Å²) in [5.74, 6) is 0. The Hall–Kier alpha value is -3.94. The molecule has 5 aliphatic rings. The second kappa shape index (κ2) is 19.9. The number of aliphatic imine (C=N–C) groups is 4. The van der Waals surface area contributed by atoms with E-state index < -0.39 is 80.1 Å². The van der Waals surface area contributed by atoms with Gasteiger partial charge >= 0.3 is 0 Å². The summed E-state index contributed by atoms with van der Waals surface area (Å²) in [7, 11) is -20.1. The summed E-state index contributed by atoms with van der Waals surface area (Å²) in [6.45, 7) is 0. The van der Waals surface area contributed by atoms with Gasteiger partial charge in [-0.05, 0) is 97.1 Å². The van der Waals surface area contributed by atoms with Crippen LogP contribution in [0.25, 0.3) is 22.3 Å². The smallest absolute Gasteiger partial charge is 0.282 e. The third-order valence-electron chi connectivity index (χ3n) is 10.9. The summed E-state index contributed by atoms with van der Waals surface area (Å²) in [4.78, 5) is 16.3. The molecule has 370 valence electrons. The molecule has 0 radical (unpaired) electrons. The Balaban J connectivity index is 0.00000711. The van der Waals surface area contributed by atoms with E-state index in [1.54, 1.807) is 0 Å². The molecule has 0 aromatic heterocycles. The average molecular weight is 1270 g/mol. The molecule has 0 atom stereocenters. The van der Waals surface area contributed by atoms with Crippen molar-refractivity contribution in [2.24, 2.45) is 20.0 Å². The number of hydrogen-bond acceptors (Lipinski definition) is 12. The summed E-state index contributed by atoms with van der Waals surface area (Å²) >= 11 is 54.5. The molecule has 8 bridgehead atoms. The summed E-state index contributed by atoms with van der Waals surface area (Å²) in [6, 6.07) is 8.32. The molecular formula is C44H20Cl8N4O12S4Zn. The minimum atomic E-state index is -5.04. The molecule has 0 aliphatic carbocycles. The van der Waals surface area contributed by atoms with Crippen molar-refractivity contribution in [2.75, 3.05) is 0 Å². The minimum Gasteiger partial charge on any atom is -0.282 e. The van der Waals surface area contributed by atoms with Gasteiger partial charge in [0.05, 0.1) is 85.8 Å². The van der Waals surface area contributed by atoms with Crippen molar-refractivity contribution in [3.8, 4) is 0 Å². The van der Waals surface area contributed by atoms with E-state index in [0.29, 0.717) is 0 Å². The largest absolute Gasteiger partial charge is 0.296 e. The molecule has 0 saturated carbocycles. The van der Waals surface area contributed by atoms with E-state index in [1.807, 2.05) is 0 Å². The van der Waals surface area contributed by atoms with Gasteiger partial charge in [0.1, 0.15) is 19.6 Å². The van der Waals surface area contributed by atoms with Gasteiger partial charge in [0.25, 0.3) is 40.5 Å². The van der Waals surface area contributed by atoms with Crippen LogP contribution in [0.4, 0.5) is 0 Å². The molecule has 16 nitrogen and oxygen atoms in total. The zero-order chi connectivity index (χ0) is 52.3. The number of rotatable bonds is 8. The molecule has 4 aromatic carbocycles. The van der Waals surface area contributed by atoms with Gasteiger partial charge in [-0.25, -0.2) is 20.0 Å². The molecular weight excluding hydrogens is 1250 g/mol. The fourth-order valence-electron chi connectivity index (χ4n) is 7.96. The Morgan fingerprint density at radius 3 is 0.644 bits per heavy atom. The summed E-state index contributed by atoms with van der Waals surface area (Å²) in [6.07, 6.45) is 11.1. The molecule has 73 heavy (non-hydrogen) atoms. The van der Waals surface area contributed by atoms with Crippen LogP contribution in [0.15, 0.2) is 159 Å². The van der Waals surface area contributed by atoms with Gasteiger partial charge in [0.15, 0.2) is 0 Å². The van der Waals surface area contributed by atoms with Gasteiger partial charge in [-0.3, -0.25) is 18.2 Å². The summed E-state index contributed by atoms with van der Waals surface area (Å²) in [5, 5.41) is -3.17. The van der Waals surface area contributed by atoms with Crippen LogP contribution in [0.1, 0.15) is 22.3 Å². The van der Waals surface area contributed by atoms with E-state index in [2.05, 4.69) is 0 Å². The summed E-state index contributed by atoms with van der Waals surface area (Å²) < 4.78 is 142. The predicted octanol–water partition coefficient (Wildman–Crippen LogP) is 11.9. The van der Waals surface area contributed by atoms with Gasteiger partial charge < -0.3 is 0 Å². The average Bonchev–Trinajstić information content (AvgIpc) is 4.11. The maximum Gasteiger partial charge on any atom is 0.296 e. The van der Waals surface area contributed by atoms with Crippen molar-refractivity contribution < 1.29 is 71.4 Å². The number of halogens is 8. The molecule has 0 fully saturated rings. The van der Waals surface area contributed by atoms with Gasteiger partial charge in [-0.1, -0.05) is 92.8 Å². The third kappa shape index (κ3) is 10.0. The van der Waals surface area contributed by atoms with Crippen LogP contribution in [0.2, 0.25) is 40.2 Å². The van der Waals surface area contributed by atoms with Crippen molar-refractivity contribution in [1.82, 2.24) is 0 Å². The van der Waals surface area contributed by atoms with Gasteiger partial charge in [-0.2, -0.15) is 33.7 Å². The quantitative estimate of drug-likeness (QED) is 0.0948. The Morgan fingerprint density at radius 1 is 0.301 bits per heavy atom. The predicted molar refractivity (Wildman–Crippen MR) is 279 cm³/mol. The molecule has 5 heterocycles. The van der Waals surface area contributed by atoms with E-state index in [0.717, 1.165) is 48.5 Å². The number of allylic oxidation sites excluding steroid dienone is 12. The maximum atomic E-state index is 12.7. The Kier molecular flexibility index (Phi) is 15.1. The molecule has 9 rings (SSSR count). The molecule has 5 aliphatic heterocycles. The standard InChI is InChI=1S/C44H20Cl8N4O12S4.Zn/c45-17-1-13-29(69(57,58)59)41(49)33(17)37-21-5-7-23(53-21)38(34-18(46)2-14-30(42(34)50)70(60,61)62)25-9-11-27(55-25)40(36-20(48)4-16-32(44(36)52)72(66,67)68)28-12-10-26(56-28)39(24-8-6-22(37)54-24)35-19(47)3-15-31(43(35)51)71(63,64)65;/h1-16H,(H,57,58,59)(H,60,61,62)(H,63,64,65)(H,66,67,68);. The topological polar surface area (TPSA) is 267 Å². The second-order valence-corrected chi connectivity index (χ2v) is 23.9. The molecule has 4 aromatic rings. The molecule has 0 spiro atoms. The first-order chi connectivity index (χ1) is 33.6.